The number of benzene rings is 1. The van der Waals surface area contributed by atoms with Crippen molar-refractivity contribution in [2.75, 3.05) is 11.6 Å². The largest absolute Gasteiger partial charge is 0.207 e. The van der Waals surface area contributed by atoms with E-state index in [0.717, 1.165) is 17.1 Å². The molecule has 4 heteroatoms. The molecule has 72 valence electrons. The highest BCUT2D eigenvalue weighted by molar-refractivity contribution is 7.98. The summed E-state index contributed by atoms with van der Waals surface area (Å²) in [6.45, 7) is 0. The maximum Gasteiger partial charge on any atom is 0.124 e. The molecule has 0 saturated carbocycles. The highest BCUT2D eigenvalue weighted by atomic mass is 35.5. The van der Waals surface area contributed by atoms with Gasteiger partial charge in [-0.05, 0) is 17.7 Å². The molecule has 0 aliphatic carbocycles. The van der Waals surface area contributed by atoms with E-state index in [2.05, 4.69) is 0 Å². The molecule has 13 heavy (non-hydrogen) atoms. The second-order valence-electron chi connectivity index (χ2n) is 2.48. The van der Waals surface area contributed by atoms with Gasteiger partial charge in [-0.3, -0.25) is 0 Å². The fraction of sp³-hybridized carbons (Fsp3) is 0.333. The van der Waals surface area contributed by atoms with Crippen molar-refractivity contribution in [3.63, 3.8) is 0 Å². The lowest BCUT2D eigenvalue weighted by Gasteiger charge is -2.02. The van der Waals surface area contributed by atoms with Crippen molar-refractivity contribution in [1.29, 1.82) is 0 Å². The molecule has 0 aliphatic rings. The van der Waals surface area contributed by atoms with Crippen LogP contribution in [0.4, 0.5) is 4.39 Å². The minimum atomic E-state index is -0.295. The van der Waals surface area contributed by atoms with Crippen molar-refractivity contribution in [3.05, 3.63) is 34.6 Å². The quantitative estimate of drug-likeness (QED) is 0.566. The van der Waals surface area contributed by atoms with Crippen LogP contribution in [0.2, 0.25) is 5.02 Å². The van der Waals surface area contributed by atoms with Crippen LogP contribution in [0.15, 0.2) is 18.2 Å². The zero-order valence-corrected chi connectivity index (χ0v) is 9.22. The molecule has 0 nitrogen and oxygen atoms in total. The Balaban J connectivity index is 2.56. The monoisotopic (exact) mass is 238 g/mol. The number of thioether (sulfide) groups is 1. The zero-order valence-electron chi connectivity index (χ0n) is 6.90. The average molecular weight is 239 g/mol. The normalized spacial score (nSPS) is 10.4. The van der Waals surface area contributed by atoms with Gasteiger partial charge in [0.05, 0.1) is 0 Å². The minimum Gasteiger partial charge on any atom is -0.207 e. The molecule has 0 radical (unpaired) electrons. The van der Waals surface area contributed by atoms with E-state index in [9.17, 15) is 4.39 Å². The maximum atomic E-state index is 12.6. The zero-order chi connectivity index (χ0) is 9.68. The van der Waals surface area contributed by atoms with Gasteiger partial charge in [0.2, 0.25) is 0 Å². The fourth-order valence-corrected chi connectivity index (χ4v) is 2.24. The average Bonchev–Trinajstić information content (AvgIpc) is 2.09. The van der Waals surface area contributed by atoms with E-state index in [1.807, 2.05) is 0 Å². The van der Waals surface area contributed by atoms with Crippen molar-refractivity contribution >= 4 is 35.0 Å². The molecule has 0 aliphatic heterocycles. The fourth-order valence-electron chi connectivity index (χ4n) is 0.875. The highest BCUT2D eigenvalue weighted by Crippen LogP contribution is 2.22. The first kappa shape index (κ1) is 11.2. The molecule has 0 saturated heterocycles. The van der Waals surface area contributed by atoms with Gasteiger partial charge in [0.1, 0.15) is 5.82 Å². The van der Waals surface area contributed by atoms with Crippen LogP contribution < -0.4 is 0 Å². The predicted octanol–water partition coefficient (Wildman–Crippen LogP) is 3.95. The third-order valence-corrected chi connectivity index (χ3v) is 3.27. The number of hydrogen-bond acceptors (Lipinski definition) is 1. The number of hydrogen-bond donors (Lipinski definition) is 0. The van der Waals surface area contributed by atoms with E-state index >= 15 is 0 Å². The summed E-state index contributed by atoms with van der Waals surface area (Å²) in [7, 11) is 0. The van der Waals surface area contributed by atoms with Crippen molar-refractivity contribution < 1.29 is 4.39 Å². The molecule has 0 spiro atoms. The van der Waals surface area contributed by atoms with Crippen molar-refractivity contribution in [2.24, 2.45) is 0 Å². The van der Waals surface area contributed by atoms with Gasteiger partial charge >= 0.3 is 0 Å². The molecule has 0 amide bonds. The molecular weight excluding hydrogens is 230 g/mol. The Morgan fingerprint density at radius 3 is 2.77 bits per heavy atom. The first-order valence-corrected chi connectivity index (χ1v) is 5.88. The lowest BCUT2D eigenvalue weighted by molar-refractivity contribution is 0.627. The van der Waals surface area contributed by atoms with E-state index in [4.69, 9.17) is 23.2 Å². The van der Waals surface area contributed by atoms with Crippen LogP contribution in [0.25, 0.3) is 0 Å². The van der Waals surface area contributed by atoms with E-state index in [1.54, 1.807) is 17.8 Å². The van der Waals surface area contributed by atoms with Crippen molar-refractivity contribution in [2.45, 2.75) is 5.75 Å². The SMILES string of the molecule is Fc1ccc(CSCCCl)c(Cl)c1. The van der Waals surface area contributed by atoms with Crippen LogP contribution in [0.5, 0.6) is 0 Å². The Hall–Kier alpha value is 0.0800. The first-order valence-electron chi connectivity index (χ1n) is 3.81. The van der Waals surface area contributed by atoms with Crippen LogP contribution in [-0.4, -0.2) is 11.6 Å². The Bertz CT molecular complexity index is 278. The third-order valence-electron chi connectivity index (χ3n) is 1.49. The Labute approximate surface area is 91.4 Å². The second kappa shape index (κ2) is 5.74. The Morgan fingerprint density at radius 1 is 1.38 bits per heavy atom. The van der Waals surface area contributed by atoms with Crippen molar-refractivity contribution in [1.82, 2.24) is 0 Å². The molecule has 0 fully saturated rings. The van der Waals surface area contributed by atoms with E-state index < -0.39 is 0 Å². The lowest BCUT2D eigenvalue weighted by atomic mass is 10.2. The molecule has 0 heterocycles. The topological polar surface area (TPSA) is 0 Å². The summed E-state index contributed by atoms with van der Waals surface area (Å²) in [6, 6.07) is 4.46. The van der Waals surface area contributed by atoms with Crippen LogP contribution >= 0.6 is 35.0 Å². The summed E-state index contributed by atoms with van der Waals surface area (Å²) in [4.78, 5) is 0. The molecule has 1 aromatic rings. The standard InChI is InChI=1S/C9H9Cl2FS/c10-3-4-13-6-7-1-2-8(12)5-9(7)11/h1-2,5H,3-4,6H2. The van der Waals surface area contributed by atoms with Gasteiger partial charge in [0.15, 0.2) is 0 Å². The van der Waals surface area contributed by atoms with Crippen LogP contribution in [0.1, 0.15) is 5.56 Å². The van der Waals surface area contributed by atoms with Gasteiger partial charge in [0, 0.05) is 22.4 Å². The second-order valence-corrected chi connectivity index (χ2v) is 4.37. The van der Waals surface area contributed by atoms with Crippen LogP contribution in [-0.2, 0) is 5.75 Å². The molecule has 0 unspecified atom stereocenters. The van der Waals surface area contributed by atoms with Gasteiger partial charge in [-0.1, -0.05) is 17.7 Å². The molecule has 1 rings (SSSR count). The van der Waals surface area contributed by atoms with E-state index in [1.165, 1.54) is 12.1 Å². The Morgan fingerprint density at radius 2 is 2.15 bits per heavy atom. The summed E-state index contributed by atoms with van der Waals surface area (Å²) in [5.41, 5.74) is 0.957. The number of halogens is 3. The highest BCUT2D eigenvalue weighted by Gasteiger charge is 2.01. The van der Waals surface area contributed by atoms with Crippen molar-refractivity contribution in [3.8, 4) is 0 Å². The number of alkyl halides is 1. The summed E-state index contributed by atoms with van der Waals surface area (Å²) in [6.07, 6.45) is 0. The summed E-state index contributed by atoms with van der Waals surface area (Å²) >= 11 is 13.0. The van der Waals surface area contributed by atoms with Gasteiger partial charge in [0.25, 0.3) is 0 Å². The molecule has 1 aromatic carbocycles. The summed E-state index contributed by atoms with van der Waals surface area (Å²) < 4.78 is 12.6. The molecule has 0 bridgehead atoms. The Kier molecular flexibility index (Phi) is 4.92. The summed E-state index contributed by atoms with van der Waals surface area (Å²) in [5, 5.41) is 0.488. The van der Waals surface area contributed by atoms with Crippen LogP contribution in [0, 0.1) is 5.82 Å². The first-order chi connectivity index (χ1) is 6.24. The minimum absolute atomic E-state index is 0.295. The lowest BCUT2D eigenvalue weighted by Crippen LogP contribution is -1.86. The third kappa shape index (κ3) is 3.75. The molecule has 0 N–H and O–H groups in total. The van der Waals surface area contributed by atoms with Gasteiger partial charge in [-0.2, -0.15) is 11.8 Å². The van der Waals surface area contributed by atoms with Gasteiger partial charge < -0.3 is 0 Å². The molecule has 0 aromatic heterocycles. The smallest absolute Gasteiger partial charge is 0.124 e. The van der Waals surface area contributed by atoms with Gasteiger partial charge in [-0.25, -0.2) is 4.39 Å². The molecular formula is C9H9Cl2FS. The van der Waals surface area contributed by atoms with E-state index in [-0.39, 0.29) is 5.82 Å². The number of rotatable bonds is 4. The summed E-state index contributed by atoms with van der Waals surface area (Å²) in [5.74, 6) is 2.00. The van der Waals surface area contributed by atoms with E-state index in [0.29, 0.717) is 10.9 Å². The van der Waals surface area contributed by atoms with Gasteiger partial charge in [-0.15, -0.1) is 11.6 Å². The maximum absolute atomic E-state index is 12.6. The predicted molar refractivity (Wildman–Crippen MR) is 58.3 cm³/mol. The van der Waals surface area contributed by atoms with Crippen LogP contribution in [0.3, 0.4) is 0 Å². The molecule has 0 atom stereocenters.